The Labute approximate surface area is 123 Å². The van der Waals surface area contributed by atoms with E-state index in [9.17, 15) is 17.9 Å². The maximum atomic E-state index is 13.4. The number of hydrogen-bond donors (Lipinski definition) is 2. The second kappa shape index (κ2) is 5.88. The van der Waals surface area contributed by atoms with Crippen LogP contribution in [0.3, 0.4) is 0 Å². The Bertz CT molecular complexity index is 615. The Balaban J connectivity index is 2.20. The summed E-state index contributed by atoms with van der Waals surface area (Å²) in [5.74, 6) is -0.783. The van der Waals surface area contributed by atoms with Gasteiger partial charge < -0.3 is 15.6 Å². The Morgan fingerprint density at radius 3 is 2.62 bits per heavy atom. The number of anilines is 1. The molecule has 1 aliphatic heterocycles. The fraction of sp³-hybridized carbons (Fsp3) is 0.538. The molecule has 0 atom stereocenters. The Kier molecular flexibility index (Phi) is 4.52. The number of hydrogen-bond acceptors (Lipinski definition) is 5. The van der Waals surface area contributed by atoms with Gasteiger partial charge in [0, 0.05) is 39.6 Å². The number of likely N-dealkylation sites (N-methyl/N-ethyl adjacent to an activating group) is 1. The number of nitrogen functional groups attached to an aromatic ring is 1. The van der Waals surface area contributed by atoms with Crippen molar-refractivity contribution in [3.63, 3.8) is 0 Å². The molecule has 1 saturated heterocycles. The predicted octanol–water partition coefficient (Wildman–Crippen LogP) is 0.570. The van der Waals surface area contributed by atoms with Crippen LogP contribution in [0, 0.1) is 5.82 Å². The van der Waals surface area contributed by atoms with Crippen molar-refractivity contribution in [2.24, 2.45) is 0 Å². The van der Waals surface area contributed by atoms with E-state index >= 15 is 0 Å². The lowest BCUT2D eigenvalue weighted by Gasteiger charge is -2.35. The summed E-state index contributed by atoms with van der Waals surface area (Å²) in [5, 5.41) is 10.4. The van der Waals surface area contributed by atoms with E-state index in [1.165, 1.54) is 19.2 Å². The number of benzene rings is 1. The molecule has 1 fully saturated rings. The molecule has 0 spiro atoms. The van der Waals surface area contributed by atoms with E-state index in [-0.39, 0.29) is 17.1 Å². The van der Waals surface area contributed by atoms with Crippen LogP contribution >= 0.6 is 0 Å². The molecule has 1 heterocycles. The van der Waals surface area contributed by atoms with Gasteiger partial charge in [0.15, 0.2) is 0 Å². The molecule has 21 heavy (non-hydrogen) atoms. The predicted molar refractivity (Wildman–Crippen MR) is 75.6 cm³/mol. The first-order valence-corrected chi connectivity index (χ1v) is 8.00. The Morgan fingerprint density at radius 2 is 2.05 bits per heavy atom. The van der Waals surface area contributed by atoms with Crippen molar-refractivity contribution >= 4 is 15.7 Å². The van der Waals surface area contributed by atoms with Crippen LogP contribution in [-0.4, -0.2) is 50.2 Å². The molecule has 0 aromatic heterocycles. The maximum Gasteiger partial charge on any atom is 0.243 e. The Morgan fingerprint density at radius 1 is 1.43 bits per heavy atom. The highest BCUT2D eigenvalue weighted by Gasteiger charge is 2.35. The fourth-order valence-electron chi connectivity index (χ4n) is 2.26. The van der Waals surface area contributed by atoms with Gasteiger partial charge in [-0.2, -0.15) is 4.31 Å². The van der Waals surface area contributed by atoms with Gasteiger partial charge in [-0.15, -0.1) is 0 Å². The van der Waals surface area contributed by atoms with E-state index in [0.717, 1.165) is 10.4 Å². The number of sulfonamides is 1. The minimum Gasteiger partial charge on any atom is -0.396 e. The quantitative estimate of drug-likeness (QED) is 0.792. The van der Waals surface area contributed by atoms with Crippen LogP contribution in [0.15, 0.2) is 23.1 Å². The van der Waals surface area contributed by atoms with Crippen molar-refractivity contribution in [3.05, 3.63) is 24.0 Å². The zero-order chi connectivity index (χ0) is 15.7. The first-order chi connectivity index (χ1) is 9.74. The molecule has 1 aromatic carbocycles. The van der Waals surface area contributed by atoms with E-state index in [1.807, 2.05) is 0 Å². The van der Waals surface area contributed by atoms with Crippen LogP contribution in [0.1, 0.15) is 12.8 Å². The number of aliphatic hydroxyl groups is 1. The molecule has 1 aromatic rings. The monoisotopic (exact) mass is 318 g/mol. The van der Waals surface area contributed by atoms with Crippen molar-refractivity contribution in [2.75, 3.05) is 32.5 Å². The molecule has 0 radical (unpaired) electrons. The van der Waals surface area contributed by atoms with Gasteiger partial charge in [0.1, 0.15) is 5.82 Å². The van der Waals surface area contributed by atoms with E-state index in [1.54, 1.807) is 0 Å². The lowest BCUT2D eigenvalue weighted by atomic mass is 9.95. The van der Waals surface area contributed by atoms with Crippen molar-refractivity contribution in [1.29, 1.82) is 0 Å². The van der Waals surface area contributed by atoms with Gasteiger partial charge >= 0.3 is 0 Å². The maximum absolute atomic E-state index is 13.4. The van der Waals surface area contributed by atoms with Crippen LogP contribution in [0.5, 0.6) is 0 Å². The number of nitrogens with zero attached hydrogens (tertiary/aromatic N) is 1. The number of nitrogens with two attached hydrogens (primary N) is 1. The summed E-state index contributed by atoms with van der Waals surface area (Å²) >= 11 is 0. The van der Waals surface area contributed by atoms with Crippen LogP contribution < -0.4 is 5.73 Å². The molecular formula is C13H19FN2O4S. The number of rotatable bonds is 4. The van der Waals surface area contributed by atoms with Crippen LogP contribution in [0.25, 0.3) is 0 Å². The van der Waals surface area contributed by atoms with E-state index in [4.69, 9.17) is 10.5 Å². The third-order valence-corrected chi connectivity index (χ3v) is 5.42. The lowest BCUT2D eigenvalue weighted by Crippen LogP contribution is -2.47. The molecule has 6 nitrogen and oxygen atoms in total. The molecule has 8 heteroatoms. The summed E-state index contributed by atoms with van der Waals surface area (Å²) in [5.41, 5.74) is 4.11. The SMILES string of the molecule is CN(CC1(O)CCOCC1)S(=O)(=O)c1ccc(N)c(F)c1. The molecule has 0 saturated carbocycles. The summed E-state index contributed by atoms with van der Waals surface area (Å²) < 4.78 is 44.4. The fourth-order valence-corrected chi connectivity index (χ4v) is 3.52. The third kappa shape index (κ3) is 3.52. The second-order valence-electron chi connectivity index (χ2n) is 5.28. The Hall–Kier alpha value is -1.22. The highest BCUT2D eigenvalue weighted by molar-refractivity contribution is 7.89. The minimum atomic E-state index is -3.88. The second-order valence-corrected chi connectivity index (χ2v) is 7.33. The summed E-state index contributed by atoms with van der Waals surface area (Å²) in [4.78, 5) is -0.188. The molecule has 0 bridgehead atoms. The summed E-state index contributed by atoms with van der Waals surface area (Å²) in [6.07, 6.45) is 0.728. The summed E-state index contributed by atoms with van der Waals surface area (Å²) in [6, 6.07) is 3.34. The highest BCUT2D eigenvalue weighted by atomic mass is 32.2. The van der Waals surface area contributed by atoms with E-state index < -0.39 is 21.4 Å². The molecule has 118 valence electrons. The zero-order valence-electron chi connectivity index (χ0n) is 11.8. The zero-order valence-corrected chi connectivity index (χ0v) is 12.6. The average molecular weight is 318 g/mol. The van der Waals surface area contributed by atoms with Gasteiger partial charge in [0.05, 0.1) is 16.2 Å². The normalized spacial score (nSPS) is 18.9. The molecule has 0 unspecified atom stereocenters. The first-order valence-electron chi connectivity index (χ1n) is 6.56. The van der Waals surface area contributed by atoms with Crippen molar-refractivity contribution in [2.45, 2.75) is 23.3 Å². The van der Waals surface area contributed by atoms with Crippen molar-refractivity contribution in [3.8, 4) is 0 Å². The van der Waals surface area contributed by atoms with Gasteiger partial charge in [-0.1, -0.05) is 0 Å². The van der Waals surface area contributed by atoms with Gasteiger partial charge in [-0.05, 0) is 18.2 Å². The molecule has 2 rings (SSSR count). The summed E-state index contributed by atoms with van der Waals surface area (Å²) in [7, 11) is -2.52. The standard InChI is InChI=1S/C13H19FN2O4S/c1-16(9-13(17)4-6-20-7-5-13)21(18,19)10-2-3-12(15)11(14)8-10/h2-3,8,17H,4-7,9,15H2,1H3. The topological polar surface area (TPSA) is 92.9 Å². The van der Waals surface area contributed by atoms with Gasteiger partial charge in [0.25, 0.3) is 0 Å². The molecular weight excluding hydrogens is 299 g/mol. The molecule has 0 amide bonds. The molecule has 3 N–H and O–H groups in total. The average Bonchev–Trinajstić information content (AvgIpc) is 2.42. The van der Waals surface area contributed by atoms with Crippen molar-refractivity contribution < 1.29 is 22.7 Å². The molecule has 0 aliphatic carbocycles. The summed E-state index contributed by atoms with van der Waals surface area (Å²) in [6.45, 7) is 0.715. The first kappa shape index (κ1) is 16.2. The largest absolute Gasteiger partial charge is 0.396 e. The van der Waals surface area contributed by atoms with Gasteiger partial charge in [-0.25, -0.2) is 12.8 Å². The van der Waals surface area contributed by atoms with Crippen LogP contribution in [0.2, 0.25) is 0 Å². The van der Waals surface area contributed by atoms with Crippen LogP contribution in [0.4, 0.5) is 10.1 Å². The van der Waals surface area contributed by atoms with Crippen molar-refractivity contribution in [1.82, 2.24) is 4.31 Å². The minimum absolute atomic E-state index is 0.0648. The van der Waals surface area contributed by atoms with Gasteiger partial charge in [-0.3, -0.25) is 0 Å². The molecule has 1 aliphatic rings. The number of ether oxygens (including phenoxy) is 1. The van der Waals surface area contributed by atoms with E-state index in [0.29, 0.717) is 26.1 Å². The highest BCUT2D eigenvalue weighted by Crippen LogP contribution is 2.25. The number of halogens is 1. The lowest BCUT2D eigenvalue weighted by molar-refractivity contribution is -0.0689. The van der Waals surface area contributed by atoms with E-state index in [2.05, 4.69) is 0 Å². The van der Waals surface area contributed by atoms with Gasteiger partial charge in [0.2, 0.25) is 10.0 Å². The smallest absolute Gasteiger partial charge is 0.243 e. The van der Waals surface area contributed by atoms with Crippen LogP contribution in [-0.2, 0) is 14.8 Å². The third-order valence-electron chi connectivity index (χ3n) is 3.62.